The van der Waals surface area contributed by atoms with Crippen LogP contribution in [0.1, 0.15) is 5.56 Å². The van der Waals surface area contributed by atoms with Gasteiger partial charge in [-0.15, -0.1) is 0 Å². The predicted molar refractivity (Wildman–Crippen MR) is 76.0 cm³/mol. The standard InChI is InChI=1S/C13H12Cl2N2O2/c1-18-13-8(3-2-4-17-13)7-19-12-10(14)5-9(16)6-11(12)15/h2-6H,7,16H2,1H3. The number of nitrogens with two attached hydrogens (primary N) is 1. The fraction of sp³-hybridized carbons (Fsp3) is 0.154. The fourth-order valence-corrected chi connectivity index (χ4v) is 2.20. The van der Waals surface area contributed by atoms with Crippen LogP contribution in [0.4, 0.5) is 5.69 Å². The summed E-state index contributed by atoms with van der Waals surface area (Å²) < 4.78 is 10.7. The Morgan fingerprint density at radius 1 is 1.26 bits per heavy atom. The third kappa shape index (κ3) is 3.22. The summed E-state index contributed by atoms with van der Waals surface area (Å²) in [6.45, 7) is 0.250. The summed E-state index contributed by atoms with van der Waals surface area (Å²) in [4.78, 5) is 4.08. The van der Waals surface area contributed by atoms with E-state index in [1.807, 2.05) is 6.07 Å². The largest absolute Gasteiger partial charge is 0.486 e. The third-order valence-corrected chi connectivity index (χ3v) is 3.00. The number of ether oxygens (including phenoxy) is 2. The number of pyridine rings is 1. The zero-order valence-corrected chi connectivity index (χ0v) is 11.7. The molecule has 0 unspecified atom stereocenters. The number of nitrogens with zero attached hydrogens (tertiary/aromatic N) is 1. The lowest BCUT2D eigenvalue weighted by Crippen LogP contribution is -2.01. The molecule has 0 aliphatic rings. The lowest BCUT2D eigenvalue weighted by Gasteiger charge is -2.12. The van der Waals surface area contributed by atoms with Gasteiger partial charge >= 0.3 is 0 Å². The molecule has 1 aromatic heterocycles. The lowest BCUT2D eigenvalue weighted by molar-refractivity contribution is 0.294. The van der Waals surface area contributed by atoms with Crippen LogP contribution in [0.2, 0.25) is 10.0 Å². The molecule has 0 fully saturated rings. The van der Waals surface area contributed by atoms with Gasteiger partial charge in [-0.05, 0) is 24.3 Å². The normalized spacial score (nSPS) is 10.3. The van der Waals surface area contributed by atoms with Crippen molar-refractivity contribution in [3.8, 4) is 11.6 Å². The number of nitrogen functional groups attached to an aromatic ring is 1. The molecule has 0 saturated carbocycles. The summed E-state index contributed by atoms with van der Waals surface area (Å²) in [5, 5.41) is 0.737. The molecule has 0 aliphatic heterocycles. The lowest BCUT2D eigenvalue weighted by atomic mass is 10.3. The Kier molecular flexibility index (Phi) is 4.35. The molecule has 4 nitrogen and oxygen atoms in total. The van der Waals surface area contributed by atoms with E-state index in [1.165, 1.54) is 0 Å². The number of benzene rings is 1. The summed E-state index contributed by atoms with van der Waals surface area (Å²) in [6, 6.07) is 6.82. The summed E-state index contributed by atoms with van der Waals surface area (Å²) in [5.74, 6) is 0.897. The van der Waals surface area contributed by atoms with Crippen molar-refractivity contribution in [1.29, 1.82) is 0 Å². The minimum atomic E-state index is 0.250. The second-order valence-electron chi connectivity index (χ2n) is 3.77. The van der Waals surface area contributed by atoms with Crippen LogP contribution in [0.3, 0.4) is 0 Å². The molecular formula is C13H12Cl2N2O2. The topological polar surface area (TPSA) is 57.4 Å². The monoisotopic (exact) mass is 298 g/mol. The van der Waals surface area contributed by atoms with Crippen molar-refractivity contribution in [2.24, 2.45) is 0 Å². The van der Waals surface area contributed by atoms with Crippen molar-refractivity contribution in [1.82, 2.24) is 4.98 Å². The maximum Gasteiger partial charge on any atom is 0.219 e. The van der Waals surface area contributed by atoms with Crippen LogP contribution in [0, 0.1) is 0 Å². The molecular weight excluding hydrogens is 287 g/mol. The Labute approximate surface area is 121 Å². The number of anilines is 1. The van der Waals surface area contributed by atoms with Crippen LogP contribution in [0.25, 0.3) is 0 Å². The highest BCUT2D eigenvalue weighted by Gasteiger charge is 2.11. The highest BCUT2D eigenvalue weighted by molar-refractivity contribution is 6.37. The molecule has 2 N–H and O–H groups in total. The van der Waals surface area contributed by atoms with Gasteiger partial charge in [-0.3, -0.25) is 0 Å². The van der Waals surface area contributed by atoms with E-state index in [0.717, 1.165) is 5.56 Å². The van der Waals surface area contributed by atoms with Gasteiger partial charge in [-0.2, -0.15) is 0 Å². The molecule has 2 aromatic rings. The first-order chi connectivity index (χ1) is 9.11. The third-order valence-electron chi connectivity index (χ3n) is 2.44. The molecule has 19 heavy (non-hydrogen) atoms. The summed E-state index contributed by atoms with van der Waals surface area (Å²) in [6.07, 6.45) is 1.64. The zero-order chi connectivity index (χ0) is 13.8. The zero-order valence-electron chi connectivity index (χ0n) is 10.2. The quantitative estimate of drug-likeness (QED) is 0.877. The van der Waals surface area contributed by atoms with Crippen molar-refractivity contribution in [3.05, 3.63) is 46.1 Å². The van der Waals surface area contributed by atoms with Gasteiger partial charge in [0, 0.05) is 11.9 Å². The van der Waals surface area contributed by atoms with Crippen LogP contribution < -0.4 is 15.2 Å². The summed E-state index contributed by atoms with van der Waals surface area (Å²) >= 11 is 12.1. The van der Waals surface area contributed by atoms with Gasteiger partial charge in [0.25, 0.3) is 0 Å². The molecule has 0 bridgehead atoms. The molecule has 100 valence electrons. The van der Waals surface area contributed by atoms with Gasteiger partial charge in [0.05, 0.1) is 22.7 Å². The van der Waals surface area contributed by atoms with Crippen molar-refractivity contribution >= 4 is 28.9 Å². The molecule has 0 amide bonds. The maximum atomic E-state index is 6.04. The van der Waals surface area contributed by atoms with E-state index in [0.29, 0.717) is 27.4 Å². The Morgan fingerprint density at radius 2 is 1.95 bits per heavy atom. The van der Waals surface area contributed by atoms with E-state index in [4.69, 9.17) is 38.4 Å². The Hall–Kier alpha value is -1.65. The molecule has 0 spiro atoms. The summed E-state index contributed by atoms with van der Waals surface area (Å²) in [7, 11) is 1.55. The average molecular weight is 299 g/mol. The van der Waals surface area contributed by atoms with Gasteiger partial charge in [-0.25, -0.2) is 4.98 Å². The summed E-state index contributed by atoms with van der Waals surface area (Å²) in [5.41, 5.74) is 6.91. The molecule has 6 heteroatoms. The van der Waals surface area contributed by atoms with Gasteiger partial charge in [0.2, 0.25) is 5.88 Å². The van der Waals surface area contributed by atoms with Crippen molar-refractivity contribution in [2.45, 2.75) is 6.61 Å². The fourth-order valence-electron chi connectivity index (χ4n) is 1.59. The number of methoxy groups -OCH3 is 1. The highest BCUT2D eigenvalue weighted by Crippen LogP contribution is 2.35. The average Bonchev–Trinajstić information content (AvgIpc) is 2.38. The van der Waals surface area contributed by atoms with Crippen LogP contribution in [-0.4, -0.2) is 12.1 Å². The number of hydrogen-bond donors (Lipinski definition) is 1. The van der Waals surface area contributed by atoms with E-state index in [2.05, 4.69) is 4.98 Å². The van der Waals surface area contributed by atoms with Crippen LogP contribution in [0.15, 0.2) is 30.5 Å². The number of rotatable bonds is 4. The molecule has 0 atom stereocenters. The van der Waals surface area contributed by atoms with E-state index in [1.54, 1.807) is 31.5 Å². The van der Waals surface area contributed by atoms with Gasteiger partial charge in [0.1, 0.15) is 6.61 Å². The van der Waals surface area contributed by atoms with Crippen LogP contribution in [0.5, 0.6) is 11.6 Å². The molecule has 0 aliphatic carbocycles. The number of hydrogen-bond acceptors (Lipinski definition) is 4. The molecule has 1 aromatic carbocycles. The Balaban J connectivity index is 2.19. The molecule has 0 saturated heterocycles. The van der Waals surface area contributed by atoms with Crippen molar-refractivity contribution in [2.75, 3.05) is 12.8 Å². The SMILES string of the molecule is COc1ncccc1COc1c(Cl)cc(N)cc1Cl. The maximum absolute atomic E-state index is 6.04. The molecule has 2 rings (SSSR count). The molecule has 0 radical (unpaired) electrons. The van der Waals surface area contributed by atoms with E-state index in [-0.39, 0.29) is 6.61 Å². The van der Waals surface area contributed by atoms with E-state index in [9.17, 15) is 0 Å². The predicted octanol–water partition coefficient (Wildman–Crippen LogP) is 3.56. The van der Waals surface area contributed by atoms with Crippen LogP contribution >= 0.6 is 23.2 Å². The van der Waals surface area contributed by atoms with E-state index >= 15 is 0 Å². The van der Waals surface area contributed by atoms with Crippen molar-refractivity contribution < 1.29 is 9.47 Å². The van der Waals surface area contributed by atoms with Crippen molar-refractivity contribution in [3.63, 3.8) is 0 Å². The second-order valence-corrected chi connectivity index (χ2v) is 4.59. The smallest absolute Gasteiger partial charge is 0.219 e. The Morgan fingerprint density at radius 3 is 2.58 bits per heavy atom. The number of halogens is 2. The van der Waals surface area contributed by atoms with Crippen LogP contribution in [-0.2, 0) is 6.61 Å². The first kappa shape index (κ1) is 13.8. The second kappa shape index (κ2) is 5.99. The first-order valence-corrected chi connectivity index (χ1v) is 6.22. The molecule has 1 heterocycles. The highest BCUT2D eigenvalue weighted by atomic mass is 35.5. The number of aromatic nitrogens is 1. The first-order valence-electron chi connectivity index (χ1n) is 5.47. The minimum Gasteiger partial charge on any atom is -0.486 e. The van der Waals surface area contributed by atoms with Gasteiger partial charge < -0.3 is 15.2 Å². The minimum absolute atomic E-state index is 0.250. The van der Waals surface area contributed by atoms with E-state index < -0.39 is 0 Å². The van der Waals surface area contributed by atoms with Gasteiger partial charge in [-0.1, -0.05) is 23.2 Å². The Bertz CT molecular complexity index is 568. The van der Waals surface area contributed by atoms with Gasteiger partial charge in [0.15, 0.2) is 5.75 Å².